The number of benzene rings is 2. The number of nitriles is 1. The molecule has 3 N–H and O–H groups in total. The molecule has 186 valence electrons. The van der Waals surface area contributed by atoms with Crippen molar-refractivity contribution < 1.29 is 13.2 Å². The van der Waals surface area contributed by atoms with Crippen molar-refractivity contribution in [1.82, 2.24) is 9.62 Å². The predicted molar refractivity (Wildman–Crippen MR) is 136 cm³/mol. The summed E-state index contributed by atoms with van der Waals surface area (Å²) in [6.07, 6.45) is 7.39. The van der Waals surface area contributed by atoms with E-state index in [0.29, 0.717) is 31.5 Å². The third kappa shape index (κ3) is 5.77. The van der Waals surface area contributed by atoms with Crippen LogP contribution in [0.25, 0.3) is 0 Å². The lowest BCUT2D eigenvalue weighted by atomic mass is 10.0. The highest BCUT2D eigenvalue weighted by Crippen LogP contribution is 2.29. The molecule has 9 heteroatoms. The number of carbonyl (C=O) groups excluding carboxylic acids is 1. The van der Waals surface area contributed by atoms with E-state index in [2.05, 4.69) is 11.4 Å². The minimum atomic E-state index is -3.68. The number of piperidine rings is 1. The zero-order valence-electron chi connectivity index (χ0n) is 19.9. The van der Waals surface area contributed by atoms with Crippen molar-refractivity contribution in [2.75, 3.05) is 23.7 Å². The average molecular weight is 496 g/mol. The summed E-state index contributed by atoms with van der Waals surface area (Å²) < 4.78 is 27.6. The van der Waals surface area contributed by atoms with Crippen LogP contribution in [0.3, 0.4) is 0 Å². The van der Waals surface area contributed by atoms with Gasteiger partial charge in [0.25, 0.3) is 0 Å². The smallest absolute Gasteiger partial charge is 0.322 e. The van der Waals surface area contributed by atoms with Crippen LogP contribution in [0.4, 0.5) is 16.2 Å². The van der Waals surface area contributed by atoms with E-state index in [1.54, 1.807) is 30.3 Å². The maximum Gasteiger partial charge on any atom is 0.322 e. The van der Waals surface area contributed by atoms with Gasteiger partial charge in [-0.15, -0.1) is 0 Å². The quantitative estimate of drug-likeness (QED) is 0.475. The topological polar surface area (TPSA) is 120 Å². The number of urea groups is 1. The molecule has 1 saturated carbocycles. The first-order valence-corrected chi connectivity index (χ1v) is 13.8. The van der Waals surface area contributed by atoms with Gasteiger partial charge in [0, 0.05) is 30.9 Å². The second-order valence-corrected chi connectivity index (χ2v) is 11.2. The Morgan fingerprint density at radius 2 is 1.69 bits per heavy atom. The van der Waals surface area contributed by atoms with E-state index >= 15 is 0 Å². The number of hydrogen-bond acceptors (Lipinski definition) is 5. The molecule has 0 atom stereocenters. The van der Waals surface area contributed by atoms with E-state index in [0.717, 1.165) is 31.4 Å². The number of nitrogen functional groups attached to an aromatic ring is 1. The summed E-state index contributed by atoms with van der Waals surface area (Å²) in [5, 5.41) is 12.5. The van der Waals surface area contributed by atoms with Crippen molar-refractivity contribution in [3.8, 4) is 6.07 Å². The van der Waals surface area contributed by atoms with Gasteiger partial charge in [-0.1, -0.05) is 43.9 Å². The highest BCUT2D eigenvalue weighted by molar-refractivity contribution is 7.89. The molecule has 8 nitrogen and oxygen atoms in total. The van der Waals surface area contributed by atoms with Gasteiger partial charge < -0.3 is 11.1 Å². The third-order valence-electron chi connectivity index (χ3n) is 6.98. The summed E-state index contributed by atoms with van der Waals surface area (Å²) in [5.41, 5.74) is 7.40. The van der Waals surface area contributed by atoms with Crippen molar-refractivity contribution in [3.05, 3.63) is 54.1 Å². The van der Waals surface area contributed by atoms with E-state index in [9.17, 15) is 18.5 Å². The van der Waals surface area contributed by atoms with Gasteiger partial charge in [0.2, 0.25) is 10.0 Å². The molecular weight excluding hydrogens is 462 g/mol. The lowest BCUT2D eigenvalue weighted by molar-refractivity contribution is 0.230. The largest absolute Gasteiger partial charge is 0.398 e. The van der Waals surface area contributed by atoms with E-state index in [-0.39, 0.29) is 28.7 Å². The highest BCUT2D eigenvalue weighted by Gasteiger charge is 2.33. The number of rotatable bonds is 5. The van der Waals surface area contributed by atoms with Gasteiger partial charge in [-0.05, 0) is 56.0 Å². The minimum absolute atomic E-state index is 0.0768. The van der Waals surface area contributed by atoms with Crippen LogP contribution in [0.2, 0.25) is 0 Å². The van der Waals surface area contributed by atoms with Crippen LogP contribution < -0.4 is 16.0 Å². The van der Waals surface area contributed by atoms with Gasteiger partial charge >= 0.3 is 6.03 Å². The lowest BCUT2D eigenvalue weighted by Crippen LogP contribution is -2.52. The summed E-state index contributed by atoms with van der Waals surface area (Å²) >= 11 is 0. The Morgan fingerprint density at radius 3 is 2.34 bits per heavy atom. The number of nitrogens with zero attached hydrogens (tertiary/aromatic N) is 3. The van der Waals surface area contributed by atoms with E-state index in [4.69, 9.17) is 5.73 Å². The predicted octanol–water partition coefficient (Wildman–Crippen LogP) is 4.23. The molecule has 1 aliphatic carbocycles. The number of anilines is 2. The molecule has 2 amide bonds. The van der Waals surface area contributed by atoms with Crippen LogP contribution in [-0.4, -0.2) is 43.9 Å². The average Bonchev–Trinajstić information content (AvgIpc) is 3.14. The number of carbonyl (C=O) groups is 1. The van der Waals surface area contributed by atoms with Crippen LogP contribution >= 0.6 is 0 Å². The number of nitrogens with one attached hydrogen (secondary N) is 1. The Labute approximate surface area is 207 Å². The molecule has 1 aliphatic heterocycles. The van der Waals surface area contributed by atoms with Crippen molar-refractivity contribution in [1.29, 1.82) is 5.26 Å². The minimum Gasteiger partial charge on any atom is -0.398 e. The summed E-state index contributed by atoms with van der Waals surface area (Å²) in [6.45, 7) is 0.629. The Morgan fingerprint density at radius 1 is 1.00 bits per heavy atom. The Hall–Kier alpha value is -3.09. The number of nitrogens with two attached hydrogens (primary N) is 1. The van der Waals surface area contributed by atoms with Crippen LogP contribution in [-0.2, 0) is 10.0 Å². The standard InChI is InChI=1S/C26H33N5O3S/c27-19-20-8-7-11-23(18-20)31(22-9-3-1-2-4-10-22)26(32)29-21-14-16-30(17-15-21)35(33,34)25-13-6-5-12-24(25)28/h5-8,11-13,18,21-22H,1-4,9-10,14-17,28H2,(H,29,32). The normalized spacial score (nSPS) is 18.4. The van der Waals surface area contributed by atoms with Crippen LogP contribution in [0.5, 0.6) is 0 Å². The van der Waals surface area contributed by atoms with Gasteiger partial charge in [-0.25, -0.2) is 13.2 Å². The van der Waals surface area contributed by atoms with Gasteiger partial charge in [0.15, 0.2) is 0 Å². The third-order valence-corrected chi connectivity index (χ3v) is 8.95. The fourth-order valence-electron chi connectivity index (χ4n) is 5.07. The SMILES string of the molecule is N#Cc1cccc(N(C(=O)NC2CCN(S(=O)(=O)c3ccccc3N)CC2)C2CCCCCC2)c1. The van der Waals surface area contributed by atoms with Crippen molar-refractivity contribution in [2.24, 2.45) is 0 Å². The molecule has 0 bridgehead atoms. The van der Waals surface area contributed by atoms with Crippen LogP contribution in [0.1, 0.15) is 56.9 Å². The van der Waals surface area contributed by atoms with Gasteiger partial charge in [-0.3, -0.25) is 4.90 Å². The first-order chi connectivity index (χ1) is 16.9. The zero-order chi connectivity index (χ0) is 24.8. The Kier molecular flexibility index (Phi) is 7.93. The summed E-state index contributed by atoms with van der Waals surface area (Å²) in [6, 6.07) is 15.6. The first-order valence-electron chi connectivity index (χ1n) is 12.3. The van der Waals surface area contributed by atoms with Gasteiger partial charge in [-0.2, -0.15) is 9.57 Å². The molecule has 35 heavy (non-hydrogen) atoms. The molecule has 2 aromatic carbocycles. The number of para-hydroxylation sites is 1. The van der Waals surface area contributed by atoms with Gasteiger partial charge in [0.1, 0.15) is 4.90 Å². The first kappa shape index (κ1) is 25.0. The zero-order valence-corrected chi connectivity index (χ0v) is 20.7. The molecule has 2 fully saturated rings. The lowest BCUT2D eigenvalue weighted by Gasteiger charge is -2.36. The number of sulfonamides is 1. The molecule has 4 rings (SSSR count). The van der Waals surface area contributed by atoms with Crippen molar-refractivity contribution in [3.63, 3.8) is 0 Å². The molecule has 0 unspecified atom stereocenters. The Balaban J connectivity index is 1.46. The highest BCUT2D eigenvalue weighted by atomic mass is 32.2. The van der Waals surface area contributed by atoms with Crippen LogP contribution in [0, 0.1) is 11.3 Å². The van der Waals surface area contributed by atoms with Gasteiger partial charge in [0.05, 0.1) is 17.3 Å². The maximum absolute atomic E-state index is 13.6. The van der Waals surface area contributed by atoms with Crippen molar-refractivity contribution >= 4 is 27.4 Å². The van der Waals surface area contributed by atoms with Crippen molar-refractivity contribution in [2.45, 2.75) is 68.3 Å². The second-order valence-electron chi connectivity index (χ2n) is 9.34. The molecule has 0 aromatic heterocycles. The number of amides is 2. The number of hydrogen-bond donors (Lipinski definition) is 2. The maximum atomic E-state index is 13.6. The Bertz CT molecular complexity index is 1180. The van der Waals surface area contributed by atoms with E-state index < -0.39 is 10.0 Å². The fourth-order valence-corrected chi connectivity index (χ4v) is 6.66. The second kappa shape index (κ2) is 11.1. The fraction of sp³-hybridized carbons (Fsp3) is 0.462. The molecular formula is C26H33N5O3S. The molecule has 2 aromatic rings. The van der Waals surface area contributed by atoms with Crippen LogP contribution in [0.15, 0.2) is 53.4 Å². The molecule has 2 aliphatic rings. The molecule has 1 heterocycles. The monoisotopic (exact) mass is 495 g/mol. The van der Waals surface area contributed by atoms with E-state index in [1.807, 2.05) is 17.0 Å². The summed E-state index contributed by atoms with van der Waals surface area (Å²) in [4.78, 5) is 15.5. The molecule has 1 saturated heterocycles. The summed E-state index contributed by atoms with van der Waals surface area (Å²) in [7, 11) is -3.68. The molecule has 0 spiro atoms. The molecule has 0 radical (unpaired) electrons. The summed E-state index contributed by atoms with van der Waals surface area (Å²) in [5.74, 6) is 0. The van der Waals surface area contributed by atoms with E-state index in [1.165, 1.54) is 23.2 Å².